The van der Waals surface area contributed by atoms with E-state index in [1.165, 1.54) is 0 Å². The summed E-state index contributed by atoms with van der Waals surface area (Å²) >= 11 is 0. The molecule has 0 bridgehead atoms. The first-order valence-electron chi connectivity index (χ1n) is 10.8. The molecule has 2 amide bonds. The molecule has 28 heavy (non-hydrogen) atoms. The molecule has 2 aliphatic heterocycles. The fourth-order valence-electron chi connectivity index (χ4n) is 4.27. The van der Waals surface area contributed by atoms with Gasteiger partial charge in [0, 0.05) is 63.8 Å². The van der Waals surface area contributed by atoms with Gasteiger partial charge in [-0.2, -0.15) is 0 Å². The van der Waals surface area contributed by atoms with E-state index in [9.17, 15) is 9.59 Å². The zero-order chi connectivity index (χ0) is 19.8. The van der Waals surface area contributed by atoms with Gasteiger partial charge in [-0.05, 0) is 37.9 Å². The third kappa shape index (κ3) is 5.55. The second kappa shape index (κ2) is 10.6. The van der Waals surface area contributed by atoms with Gasteiger partial charge in [-0.25, -0.2) is 0 Å². The highest BCUT2D eigenvalue weighted by atomic mass is 16.2. The third-order valence-electron chi connectivity index (χ3n) is 5.88. The monoisotopic (exact) mass is 386 g/mol. The van der Waals surface area contributed by atoms with Crippen LogP contribution in [0.3, 0.4) is 0 Å². The third-order valence-corrected chi connectivity index (χ3v) is 5.88. The highest BCUT2D eigenvalue weighted by Crippen LogP contribution is 2.19. The molecule has 0 unspecified atom stereocenters. The smallest absolute Gasteiger partial charge is 0.253 e. The molecule has 2 heterocycles. The highest BCUT2D eigenvalue weighted by molar-refractivity contribution is 5.94. The molecule has 0 aromatic heterocycles. The molecular weight excluding hydrogens is 352 g/mol. The Labute approximate surface area is 168 Å². The summed E-state index contributed by atoms with van der Waals surface area (Å²) in [5, 5.41) is 3.29. The Bertz CT molecular complexity index is 623. The molecule has 2 saturated heterocycles. The number of hydrogen-bond acceptors (Lipinski definition) is 4. The lowest BCUT2D eigenvalue weighted by molar-refractivity contribution is -0.132. The van der Waals surface area contributed by atoms with Crippen LogP contribution in [0.5, 0.6) is 0 Å². The lowest BCUT2D eigenvalue weighted by atomic mass is 10.0. The van der Waals surface area contributed by atoms with E-state index < -0.39 is 0 Å². The van der Waals surface area contributed by atoms with Gasteiger partial charge in [0.2, 0.25) is 5.91 Å². The summed E-state index contributed by atoms with van der Waals surface area (Å²) in [5.74, 6) is 0.411. The quantitative estimate of drug-likeness (QED) is 0.777. The number of amides is 2. The van der Waals surface area contributed by atoms with Gasteiger partial charge in [-0.15, -0.1) is 0 Å². The normalized spacial score (nSPS) is 18.5. The number of carbonyl (C=O) groups excluding carboxylic acids is 2. The Hall–Kier alpha value is -1.92. The van der Waals surface area contributed by atoms with Crippen molar-refractivity contribution in [3.05, 3.63) is 35.9 Å². The fourth-order valence-corrected chi connectivity index (χ4v) is 4.27. The van der Waals surface area contributed by atoms with Crippen LogP contribution in [-0.2, 0) is 4.79 Å². The minimum Gasteiger partial charge on any atom is -0.340 e. The van der Waals surface area contributed by atoms with E-state index in [2.05, 4.69) is 17.1 Å². The molecular formula is C22H34N4O2. The molecule has 1 N–H and O–H groups in total. The van der Waals surface area contributed by atoms with Crippen LogP contribution in [0, 0.1) is 0 Å². The van der Waals surface area contributed by atoms with Gasteiger partial charge < -0.3 is 15.1 Å². The molecule has 0 atom stereocenters. The number of nitrogens with zero attached hydrogens (tertiary/aromatic N) is 3. The maximum absolute atomic E-state index is 12.6. The van der Waals surface area contributed by atoms with Crippen LogP contribution >= 0.6 is 0 Å². The van der Waals surface area contributed by atoms with Crippen molar-refractivity contribution in [2.45, 2.75) is 38.6 Å². The average Bonchev–Trinajstić information content (AvgIpc) is 2.77. The average molecular weight is 387 g/mol. The van der Waals surface area contributed by atoms with Crippen molar-refractivity contribution < 1.29 is 9.59 Å². The van der Waals surface area contributed by atoms with Gasteiger partial charge >= 0.3 is 0 Å². The second-order valence-electron chi connectivity index (χ2n) is 7.81. The number of hydrogen-bond donors (Lipinski definition) is 1. The van der Waals surface area contributed by atoms with Gasteiger partial charge in [0.1, 0.15) is 0 Å². The van der Waals surface area contributed by atoms with E-state index in [0.717, 1.165) is 77.2 Å². The number of rotatable bonds is 7. The molecule has 6 nitrogen and oxygen atoms in total. The standard InChI is InChI=1S/C22H34N4O2/c1-2-13-24(16-10-21(27)25-17-11-23-12-18-25)20-8-14-26(15-9-20)22(28)19-6-4-3-5-7-19/h3-7,20,23H,2,8-18H2,1H3. The first-order valence-corrected chi connectivity index (χ1v) is 10.8. The van der Waals surface area contributed by atoms with Gasteiger partial charge in [0.25, 0.3) is 5.91 Å². The van der Waals surface area contributed by atoms with Crippen LogP contribution in [0.25, 0.3) is 0 Å². The summed E-state index contributed by atoms with van der Waals surface area (Å²) in [4.78, 5) is 31.6. The first kappa shape index (κ1) is 20.8. The van der Waals surface area contributed by atoms with Crippen LogP contribution in [0.2, 0.25) is 0 Å². The molecule has 2 aliphatic rings. The van der Waals surface area contributed by atoms with E-state index >= 15 is 0 Å². The SMILES string of the molecule is CCCN(CCC(=O)N1CCNCC1)C1CCN(C(=O)c2ccccc2)CC1. The lowest BCUT2D eigenvalue weighted by Crippen LogP contribution is -2.49. The Morgan fingerprint density at radius 3 is 2.32 bits per heavy atom. The summed E-state index contributed by atoms with van der Waals surface area (Å²) in [6.45, 7) is 9.09. The molecule has 6 heteroatoms. The van der Waals surface area contributed by atoms with E-state index in [1.807, 2.05) is 40.1 Å². The van der Waals surface area contributed by atoms with Crippen molar-refractivity contribution in [1.29, 1.82) is 0 Å². The zero-order valence-electron chi connectivity index (χ0n) is 17.1. The minimum absolute atomic E-state index is 0.134. The van der Waals surface area contributed by atoms with Crippen molar-refractivity contribution >= 4 is 11.8 Å². The van der Waals surface area contributed by atoms with Crippen molar-refractivity contribution in [3.63, 3.8) is 0 Å². The second-order valence-corrected chi connectivity index (χ2v) is 7.81. The topological polar surface area (TPSA) is 55.9 Å². The molecule has 3 rings (SSSR count). The van der Waals surface area contributed by atoms with Crippen molar-refractivity contribution in [2.75, 3.05) is 52.4 Å². The molecule has 154 valence electrons. The van der Waals surface area contributed by atoms with Gasteiger partial charge in [-0.3, -0.25) is 14.5 Å². The van der Waals surface area contributed by atoms with Crippen molar-refractivity contribution in [3.8, 4) is 0 Å². The molecule has 0 saturated carbocycles. The summed E-state index contributed by atoms with van der Waals surface area (Å²) in [6.07, 6.45) is 3.66. The zero-order valence-corrected chi connectivity index (χ0v) is 17.1. The van der Waals surface area contributed by atoms with Crippen LogP contribution in [0.1, 0.15) is 43.0 Å². The predicted molar refractivity (Wildman–Crippen MR) is 111 cm³/mol. The van der Waals surface area contributed by atoms with E-state index in [0.29, 0.717) is 12.5 Å². The number of carbonyl (C=O) groups is 2. The molecule has 0 aliphatic carbocycles. The highest BCUT2D eigenvalue weighted by Gasteiger charge is 2.27. The molecule has 1 aromatic carbocycles. The van der Waals surface area contributed by atoms with Crippen LogP contribution in [0.15, 0.2) is 30.3 Å². The maximum atomic E-state index is 12.6. The fraction of sp³-hybridized carbons (Fsp3) is 0.636. The maximum Gasteiger partial charge on any atom is 0.253 e. The Morgan fingerprint density at radius 1 is 1.00 bits per heavy atom. The van der Waals surface area contributed by atoms with Crippen molar-refractivity contribution in [2.24, 2.45) is 0 Å². The minimum atomic E-state index is 0.134. The summed E-state index contributed by atoms with van der Waals surface area (Å²) in [5.41, 5.74) is 0.771. The van der Waals surface area contributed by atoms with Crippen molar-refractivity contribution in [1.82, 2.24) is 20.0 Å². The molecule has 2 fully saturated rings. The van der Waals surface area contributed by atoms with Gasteiger partial charge in [-0.1, -0.05) is 25.1 Å². The molecule has 0 radical (unpaired) electrons. The van der Waals surface area contributed by atoms with E-state index in [4.69, 9.17) is 0 Å². The summed E-state index contributed by atoms with van der Waals surface area (Å²) < 4.78 is 0. The molecule has 1 aromatic rings. The van der Waals surface area contributed by atoms with Gasteiger partial charge in [0.15, 0.2) is 0 Å². The lowest BCUT2D eigenvalue weighted by Gasteiger charge is -2.39. The van der Waals surface area contributed by atoms with Gasteiger partial charge in [0.05, 0.1) is 0 Å². The first-order chi connectivity index (χ1) is 13.7. The largest absolute Gasteiger partial charge is 0.340 e. The Balaban J connectivity index is 1.48. The Kier molecular flexibility index (Phi) is 7.86. The Morgan fingerprint density at radius 2 is 1.68 bits per heavy atom. The number of piperazine rings is 1. The summed E-state index contributed by atoms with van der Waals surface area (Å²) in [7, 11) is 0. The number of piperidine rings is 1. The molecule has 0 spiro atoms. The summed E-state index contributed by atoms with van der Waals surface area (Å²) in [6, 6.07) is 10.0. The number of nitrogens with one attached hydrogen (secondary N) is 1. The predicted octanol–water partition coefficient (Wildman–Crippen LogP) is 1.83. The van der Waals surface area contributed by atoms with Crippen LogP contribution in [-0.4, -0.2) is 84.9 Å². The number of benzene rings is 1. The van der Waals surface area contributed by atoms with Crippen LogP contribution in [0.4, 0.5) is 0 Å². The van der Waals surface area contributed by atoms with Crippen LogP contribution < -0.4 is 5.32 Å². The van der Waals surface area contributed by atoms with E-state index in [1.54, 1.807) is 0 Å². The number of likely N-dealkylation sites (tertiary alicyclic amines) is 1. The van der Waals surface area contributed by atoms with E-state index in [-0.39, 0.29) is 11.8 Å².